The van der Waals surface area contributed by atoms with Gasteiger partial charge in [-0.05, 0) is 37.4 Å². The first kappa shape index (κ1) is 14.4. The molecule has 0 saturated carbocycles. The summed E-state index contributed by atoms with van der Waals surface area (Å²) in [5.41, 5.74) is 1.15. The second-order valence-electron chi connectivity index (χ2n) is 5.95. The number of rotatable bonds is 4. The molecule has 21 heavy (non-hydrogen) atoms. The minimum absolute atomic E-state index is 0.154. The van der Waals surface area contributed by atoms with Crippen molar-refractivity contribution in [1.29, 1.82) is 0 Å². The van der Waals surface area contributed by atoms with Crippen LogP contribution >= 0.6 is 0 Å². The average molecular weight is 288 g/mol. The lowest BCUT2D eigenvalue weighted by Gasteiger charge is -2.35. The van der Waals surface area contributed by atoms with E-state index in [0.29, 0.717) is 12.5 Å². The number of carbonyl (C=O) groups is 1. The fourth-order valence-electron chi connectivity index (χ4n) is 3.32. The molecule has 1 fully saturated rings. The zero-order chi connectivity index (χ0) is 14.7. The lowest BCUT2D eigenvalue weighted by molar-refractivity contribution is -0.140. The topological polar surface area (TPSA) is 41.6 Å². The van der Waals surface area contributed by atoms with Crippen LogP contribution < -0.4 is 10.1 Å². The number of hydrogen-bond donors (Lipinski definition) is 1. The molecular formula is C17H24N2O2. The third-order valence-corrected chi connectivity index (χ3v) is 4.38. The first-order valence-corrected chi connectivity index (χ1v) is 8.05. The van der Waals surface area contributed by atoms with Crippen LogP contribution in [0.2, 0.25) is 0 Å². The molecule has 0 aromatic heterocycles. The van der Waals surface area contributed by atoms with Gasteiger partial charge in [-0.15, -0.1) is 0 Å². The van der Waals surface area contributed by atoms with Crippen molar-refractivity contribution in [1.82, 2.24) is 10.2 Å². The highest BCUT2D eigenvalue weighted by Gasteiger charge is 2.35. The van der Waals surface area contributed by atoms with Gasteiger partial charge in [0.15, 0.2) is 6.10 Å². The zero-order valence-corrected chi connectivity index (χ0v) is 12.7. The summed E-state index contributed by atoms with van der Waals surface area (Å²) >= 11 is 0. The smallest absolute Gasteiger partial charge is 0.264 e. The molecule has 1 N–H and O–H groups in total. The zero-order valence-electron chi connectivity index (χ0n) is 12.7. The molecule has 0 spiro atoms. The molecule has 3 rings (SSSR count). The van der Waals surface area contributed by atoms with E-state index in [2.05, 4.69) is 18.3 Å². The Balaban J connectivity index is 1.70. The van der Waals surface area contributed by atoms with E-state index < -0.39 is 0 Å². The average Bonchev–Trinajstić information content (AvgIpc) is 2.97. The monoisotopic (exact) mass is 288 g/mol. The van der Waals surface area contributed by atoms with Gasteiger partial charge in [0.2, 0.25) is 0 Å². The van der Waals surface area contributed by atoms with E-state index >= 15 is 0 Å². The molecule has 4 nitrogen and oxygen atoms in total. The molecule has 1 aromatic carbocycles. The molecule has 4 heteroatoms. The van der Waals surface area contributed by atoms with E-state index in [9.17, 15) is 4.79 Å². The molecule has 0 aliphatic carbocycles. The van der Waals surface area contributed by atoms with E-state index in [1.165, 1.54) is 0 Å². The highest BCUT2D eigenvalue weighted by molar-refractivity contribution is 5.83. The molecule has 2 aliphatic heterocycles. The summed E-state index contributed by atoms with van der Waals surface area (Å²) in [7, 11) is 0. The number of amides is 1. The van der Waals surface area contributed by atoms with Crippen molar-refractivity contribution < 1.29 is 9.53 Å². The van der Waals surface area contributed by atoms with Crippen LogP contribution in [-0.2, 0) is 11.2 Å². The summed E-state index contributed by atoms with van der Waals surface area (Å²) < 4.78 is 5.88. The van der Waals surface area contributed by atoms with Gasteiger partial charge in [-0.25, -0.2) is 0 Å². The van der Waals surface area contributed by atoms with E-state index in [-0.39, 0.29) is 12.0 Å². The van der Waals surface area contributed by atoms with Crippen molar-refractivity contribution in [3.63, 3.8) is 0 Å². The highest BCUT2D eigenvalue weighted by atomic mass is 16.5. The van der Waals surface area contributed by atoms with Gasteiger partial charge in [0.05, 0.1) is 0 Å². The first-order valence-electron chi connectivity index (χ1n) is 8.05. The maximum Gasteiger partial charge on any atom is 0.264 e. The number of nitrogens with one attached hydrogen (secondary N) is 1. The summed E-state index contributed by atoms with van der Waals surface area (Å²) in [5, 5.41) is 3.40. The SMILES string of the molecule is CCCN(C(=O)C1Cc2ccccc2O1)C1CCCNC1. The Morgan fingerprint density at radius 3 is 3.00 bits per heavy atom. The number of para-hydroxylation sites is 1. The standard InChI is InChI=1S/C17H24N2O2/c1-2-10-19(14-7-5-9-18-12-14)17(20)16-11-13-6-3-4-8-15(13)21-16/h3-4,6,8,14,16,18H,2,5,7,9-12H2,1H3. The molecule has 2 aliphatic rings. The second kappa shape index (κ2) is 6.48. The van der Waals surface area contributed by atoms with Crippen molar-refractivity contribution in [2.75, 3.05) is 19.6 Å². The molecule has 114 valence electrons. The van der Waals surface area contributed by atoms with Crippen LogP contribution in [-0.4, -0.2) is 42.6 Å². The number of benzene rings is 1. The molecule has 0 bridgehead atoms. The van der Waals surface area contributed by atoms with Gasteiger partial charge in [-0.1, -0.05) is 25.1 Å². The number of hydrogen-bond acceptors (Lipinski definition) is 3. The Bertz CT molecular complexity index is 472. The largest absolute Gasteiger partial charge is 0.480 e. The molecule has 0 radical (unpaired) electrons. The fraction of sp³-hybridized carbons (Fsp3) is 0.588. The van der Waals surface area contributed by atoms with Crippen LogP contribution in [0.25, 0.3) is 0 Å². The number of nitrogens with zero attached hydrogens (tertiary/aromatic N) is 1. The van der Waals surface area contributed by atoms with Gasteiger partial charge in [-0.2, -0.15) is 0 Å². The maximum absolute atomic E-state index is 12.9. The van der Waals surface area contributed by atoms with Crippen molar-refractivity contribution in [2.45, 2.75) is 44.8 Å². The van der Waals surface area contributed by atoms with Crippen molar-refractivity contribution >= 4 is 5.91 Å². The quantitative estimate of drug-likeness (QED) is 0.921. The van der Waals surface area contributed by atoms with Crippen molar-refractivity contribution in [3.8, 4) is 5.75 Å². The third-order valence-electron chi connectivity index (χ3n) is 4.38. The predicted octanol–water partition coefficient (Wildman–Crippen LogP) is 1.98. The minimum atomic E-state index is -0.337. The van der Waals surface area contributed by atoms with Crippen LogP contribution in [0.4, 0.5) is 0 Å². The molecule has 1 aromatic rings. The Hall–Kier alpha value is -1.55. The van der Waals surface area contributed by atoms with E-state index in [1.54, 1.807) is 0 Å². The first-order chi connectivity index (χ1) is 10.3. The third kappa shape index (κ3) is 3.05. The van der Waals surface area contributed by atoms with Gasteiger partial charge >= 0.3 is 0 Å². The van der Waals surface area contributed by atoms with Crippen LogP contribution in [0.5, 0.6) is 5.75 Å². The molecule has 2 heterocycles. The van der Waals surface area contributed by atoms with Crippen LogP contribution in [0.1, 0.15) is 31.7 Å². The Morgan fingerprint density at radius 2 is 2.29 bits per heavy atom. The summed E-state index contributed by atoms with van der Waals surface area (Å²) in [5.74, 6) is 1.02. The van der Waals surface area contributed by atoms with Gasteiger partial charge in [0.1, 0.15) is 5.75 Å². The van der Waals surface area contributed by atoms with Crippen LogP contribution in [0.15, 0.2) is 24.3 Å². The number of fused-ring (bicyclic) bond motifs is 1. The van der Waals surface area contributed by atoms with Gasteiger partial charge in [0.25, 0.3) is 5.91 Å². The molecule has 1 saturated heterocycles. The molecular weight excluding hydrogens is 264 g/mol. The minimum Gasteiger partial charge on any atom is -0.480 e. The van der Waals surface area contributed by atoms with E-state index in [4.69, 9.17) is 4.74 Å². The van der Waals surface area contributed by atoms with Gasteiger partial charge < -0.3 is 15.0 Å². The molecule has 2 unspecified atom stereocenters. The summed E-state index contributed by atoms with van der Waals surface area (Å²) in [6.07, 6.45) is 3.59. The Labute approximate surface area is 126 Å². The van der Waals surface area contributed by atoms with E-state index in [0.717, 1.165) is 50.2 Å². The van der Waals surface area contributed by atoms with Crippen molar-refractivity contribution in [2.24, 2.45) is 0 Å². The Kier molecular flexibility index (Phi) is 4.44. The van der Waals surface area contributed by atoms with Crippen molar-refractivity contribution in [3.05, 3.63) is 29.8 Å². The van der Waals surface area contributed by atoms with Crippen LogP contribution in [0, 0.1) is 0 Å². The van der Waals surface area contributed by atoms with E-state index in [1.807, 2.05) is 23.1 Å². The normalized spacial score (nSPS) is 24.2. The Morgan fingerprint density at radius 1 is 1.43 bits per heavy atom. The lowest BCUT2D eigenvalue weighted by Crippen LogP contribution is -2.52. The lowest BCUT2D eigenvalue weighted by atomic mass is 10.0. The number of piperidine rings is 1. The predicted molar refractivity (Wildman–Crippen MR) is 82.5 cm³/mol. The van der Waals surface area contributed by atoms with Gasteiger partial charge in [-0.3, -0.25) is 4.79 Å². The number of ether oxygens (including phenoxy) is 1. The summed E-state index contributed by atoms with van der Waals surface area (Å²) in [6, 6.07) is 8.28. The maximum atomic E-state index is 12.9. The fourth-order valence-corrected chi connectivity index (χ4v) is 3.32. The second-order valence-corrected chi connectivity index (χ2v) is 5.95. The highest BCUT2D eigenvalue weighted by Crippen LogP contribution is 2.29. The summed E-state index contributed by atoms with van der Waals surface area (Å²) in [6.45, 7) is 4.92. The summed E-state index contributed by atoms with van der Waals surface area (Å²) in [4.78, 5) is 14.9. The number of carbonyl (C=O) groups excluding carboxylic acids is 1. The van der Waals surface area contributed by atoms with Gasteiger partial charge in [0, 0.05) is 25.6 Å². The van der Waals surface area contributed by atoms with Crippen LogP contribution in [0.3, 0.4) is 0 Å². The molecule has 2 atom stereocenters. The molecule has 1 amide bonds.